The van der Waals surface area contributed by atoms with Gasteiger partial charge in [0, 0.05) is 20.1 Å². The Morgan fingerprint density at radius 2 is 2.12 bits per heavy atom. The highest BCUT2D eigenvalue weighted by molar-refractivity contribution is 7.87. The van der Waals surface area contributed by atoms with E-state index in [0.29, 0.717) is 0 Å². The van der Waals surface area contributed by atoms with E-state index in [0.717, 1.165) is 17.1 Å². The zero-order valence-electron chi connectivity index (χ0n) is 9.66. The quantitative estimate of drug-likeness (QED) is 0.522. The molecule has 7 nitrogen and oxygen atoms in total. The number of aliphatic carboxylic acids is 1. The van der Waals surface area contributed by atoms with E-state index in [1.807, 2.05) is 0 Å². The van der Waals surface area contributed by atoms with Gasteiger partial charge in [0.1, 0.15) is 0 Å². The molecule has 1 aliphatic rings. The Labute approximate surface area is 101 Å². The molecule has 1 unspecified atom stereocenters. The van der Waals surface area contributed by atoms with Crippen LogP contribution in [0.1, 0.15) is 19.3 Å². The van der Waals surface area contributed by atoms with Crippen LogP contribution in [0.3, 0.4) is 0 Å². The molecule has 1 saturated carbocycles. The number of aliphatic hydroxyl groups excluding tert-OH is 1. The Balaban J connectivity index is 2.35. The van der Waals surface area contributed by atoms with Crippen LogP contribution in [0.25, 0.3) is 0 Å². The van der Waals surface area contributed by atoms with Crippen LogP contribution in [0.4, 0.5) is 0 Å². The molecule has 0 bridgehead atoms. The lowest BCUT2D eigenvalue weighted by molar-refractivity contribution is -0.137. The van der Waals surface area contributed by atoms with Crippen LogP contribution in [0.15, 0.2) is 0 Å². The number of nitrogens with one attached hydrogen (secondary N) is 1. The van der Waals surface area contributed by atoms with Gasteiger partial charge < -0.3 is 10.2 Å². The number of carboxylic acid groups (broad SMARTS) is 1. The van der Waals surface area contributed by atoms with Gasteiger partial charge in [-0.15, -0.1) is 0 Å². The van der Waals surface area contributed by atoms with Gasteiger partial charge in [-0.2, -0.15) is 17.4 Å². The van der Waals surface area contributed by atoms with Gasteiger partial charge in [-0.1, -0.05) is 0 Å². The van der Waals surface area contributed by atoms with Crippen molar-refractivity contribution in [1.82, 2.24) is 9.03 Å². The summed E-state index contributed by atoms with van der Waals surface area (Å²) in [6.45, 7) is -0.116. The zero-order valence-corrected chi connectivity index (χ0v) is 10.5. The van der Waals surface area contributed by atoms with E-state index < -0.39 is 22.3 Å². The van der Waals surface area contributed by atoms with Crippen LogP contribution in [0.5, 0.6) is 0 Å². The summed E-state index contributed by atoms with van der Waals surface area (Å²) in [6, 6.07) is 0. The largest absolute Gasteiger partial charge is 0.481 e. The van der Waals surface area contributed by atoms with Gasteiger partial charge in [-0.05, 0) is 18.8 Å². The van der Waals surface area contributed by atoms with Crippen molar-refractivity contribution < 1.29 is 23.4 Å². The first-order valence-electron chi connectivity index (χ1n) is 5.43. The molecule has 0 amide bonds. The topological polar surface area (TPSA) is 107 Å². The second-order valence-electron chi connectivity index (χ2n) is 4.22. The van der Waals surface area contributed by atoms with Crippen molar-refractivity contribution >= 4 is 16.2 Å². The van der Waals surface area contributed by atoms with Gasteiger partial charge >= 0.3 is 5.97 Å². The molecule has 0 aromatic rings. The number of aliphatic hydroxyl groups is 1. The van der Waals surface area contributed by atoms with E-state index in [1.54, 1.807) is 0 Å². The normalized spacial score (nSPS) is 18.3. The molecule has 17 heavy (non-hydrogen) atoms. The average molecular weight is 266 g/mol. The fraction of sp³-hybridized carbons (Fsp3) is 0.889. The molecule has 1 atom stereocenters. The molecule has 0 aromatic carbocycles. The monoisotopic (exact) mass is 266 g/mol. The summed E-state index contributed by atoms with van der Waals surface area (Å²) in [7, 11) is -2.40. The molecule has 0 radical (unpaired) electrons. The van der Waals surface area contributed by atoms with Crippen molar-refractivity contribution in [2.45, 2.75) is 25.4 Å². The Kier molecular flexibility index (Phi) is 4.87. The predicted molar refractivity (Wildman–Crippen MR) is 60.5 cm³/mol. The van der Waals surface area contributed by atoms with Crippen LogP contribution in [-0.2, 0) is 15.0 Å². The van der Waals surface area contributed by atoms with E-state index >= 15 is 0 Å². The third kappa shape index (κ3) is 4.99. The van der Waals surface area contributed by atoms with E-state index in [9.17, 15) is 18.3 Å². The molecular formula is C9H18N2O5S. The third-order valence-electron chi connectivity index (χ3n) is 2.69. The van der Waals surface area contributed by atoms with Crippen LogP contribution in [0.2, 0.25) is 0 Å². The van der Waals surface area contributed by atoms with Crippen LogP contribution < -0.4 is 4.72 Å². The van der Waals surface area contributed by atoms with Crippen molar-refractivity contribution in [3.63, 3.8) is 0 Å². The van der Waals surface area contributed by atoms with E-state index in [-0.39, 0.29) is 25.4 Å². The smallest absolute Gasteiger partial charge is 0.304 e. The molecule has 100 valence electrons. The zero-order chi connectivity index (χ0) is 13.1. The third-order valence-corrected chi connectivity index (χ3v) is 4.23. The maximum Gasteiger partial charge on any atom is 0.304 e. The standard InChI is InChI=1S/C9H18N2O5S/c1-11(5-4-9(13)14)17(15,16)10-6-8(12)7-2-3-7/h7-8,10,12H,2-6H2,1H3,(H,13,14). The Hall–Kier alpha value is -0.700. The summed E-state index contributed by atoms with van der Waals surface area (Å²) in [6.07, 6.45) is 0.954. The van der Waals surface area contributed by atoms with Gasteiger partial charge in [0.2, 0.25) is 0 Å². The number of carbonyl (C=O) groups is 1. The lowest BCUT2D eigenvalue weighted by Gasteiger charge is -2.18. The summed E-state index contributed by atoms with van der Waals surface area (Å²) in [4.78, 5) is 10.3. The molecule has 0 aromatic heterocycles. The maximum absolute atomic E-state index is 11.6. The highest BCUT2D eigenvalue weighted by Crippen LogP contribution is 2.32. The van der Waals surface area contributed by atoms with Gasteiger partial charge in [0.05, 0.1) is 12.5 Å². The lowest BCUT2D eigenvalue weighted by Crippen LogP contribution is -2.42. The highest BCUT2D eigenvalue weighted by Gasteiger charge is 2.30. The lowest BCUT2D eigenvalue weighted by atomic mass is 10.2. The van der Waals surface area contributed by atoms with Crippen molar-refractivity contribution in [2.24, 2.45) is 5.92 Å². The summed E-state index contributed by atoms with van der Waals surface area (Å²) in [5.41, 5.74) is 0. The van der Waals surface area contributed by atoms with E-state index in [4.69, 9.17) is 5.11 Å². The molecule has 8 heteroatoms. The van der Waals surface area contributed by atoms with Gasteiger partial charge in [-0.3, -0.25) is 4.79 Å². The molecule has 0 heterocycles. The van der Waals surface area contributed by atoms with Crippen molar-refractivity contribution in [3.05, 3.63) is 0 Å². The molecule has 0 aliphatic heterocycles. The highest BCUT2D eigenvalue weighted by atomic mass is 32.2. The van der Waals surface area contributed by atoms with Crippen LogP contribution in [-0.4, -0.2) is 55.1 Å². The van der Waals surface area contributed by atoms with Crippen molar-refractivity contribution in [2.75, 3.05) is 20.1 Å². The number of rotatable bonds is 8. The number of hydrogen-bond donors (Lipinski definition) is 3. The first-order valence-corrected chi connectivity index (χ1v) is 6.87. The maximum atomic E-state index is 11.6. The van der Waals surface area contributed by atoms with Gasteiger partial charge in [0.25, 0.3) is 10.2 Å². The molecular weight excluding hydrogens is 248 g/mol. The fourth-order valence-corrected chi connectivity index (χ4v) is 2.26. The minimum atomic E-state index is -3.70. The molecule has 0 spiro atoms. The van der Waals surface area contributed by atoms with Crippen molar-refractivity contribution in [1.29, 1.82) is 0 Å². The van der Waals surface area contributed by atoms with Crippen LogP contribution >= 0.6 is 0 Å². The minimum Gasteiger partial charge on any atom is -0.481 e. The summed E-state index contributed by atoms with van der Waals surface area (Å²) < 4.78 is 26.4. The average Bonchev–Trinajstić information content (AvgIpc) is 3.06. The Bertz CT molecular complexity index is 366. The summed E-state index contributed by atoms with van der Waals surface area (Å²) in [5.74, 6) is -0.855. The van der Waals surface area contributed by atoms with Crippen LogP contribution in [0, 0.1) is 5.92 Å². The predicted octanol–water partition coefficient (Wildman–Crippen LogP) is -1.00. The van der Waals surface area contributed by atoms with Gasteiger partial charge in [-0.25, -0.2) is 0 Å². The first-order chi connectivity index (χ1) is 7.83. The minimum absolute atomic E-state index is 0.0234. The second kappa shape index (κ2) is 5.76. The van der Waals surface area contributed by atoms with Gasteiger partial charge in [0.15, 0.2) is 0 Å². The first kappa shape index (κ1) is 14.4. The SMILES string of the molecule is CN(CCC(=O)O)S(=O)(=O)NCC(O)C1CC1. The van der Waals surface area contributed by atoms with Crippen molar-refractivity contribution in [3.8, 4) is 0 Å². The number of carboxylic acids is 1. The molecule has 0 saturated heterocycles. The fourth-order valence-electron chi connectivity index (χ4n) is 1.32. The Morgan fingerprint density at radius 3 is 2.59 bits per heavy atom. The number of hydrogen-bond acceptors (Lipinski definition) is 4. The van der Waals surface area contributed by atoms with E-state index in [1.165, 1.54) is 7.05 Å². The number of nitrogens with zero attached hydrogens (tertiary/aromatic N) is 1. The second-order valence-corrected chi connectivity index (χ2v) is 6.09. The molecule has 1 fully saturated rings. The molecule has 3 N–H and O–H groups in total. The molecule has 1 rings (SSSR count). The van der Waals surface area contributed by atoms with E-state index in [2.05, 4.69) is 4.72 Å². The Morgan fingerprint density at radius 1 is 1.53 bits per heavy atom. The summed E-state index contributed by atoms with van der Waals surface area (Å²) in [5, 5.41) is 18.0. The molecule has 1 aliphatic carbocycles. The summed E-state index contributed by atoms with van der Waals surface area (Å²) >= 11 is 0.